The largest absolute Gasteiger partial charge is 0.260 e. The molecule has 0 bridgehead atoms. The van der Waals surface area contributed by atoms with Crippen LogP contribution in [-0.4, -0.2) is 20.4 Å². The quantitative estimate of drug-likeness (QED) is 0.781. The summed E-state index contributed by atoms with van der Waals surface area (Å²) in [5, 5.41) is -0.612. The van der Waals surface area contributed by atoms with Crippen molar-refractivity contribution in [2.24, 2.45) is 0 Å². The van der Waals surface area contributed by atoms with Crippen LogP contribution in [0.1, 0.15) is 17.9 Å². The van der Waals surface area contributed by atoms with Gasteiger partial charge < -0.3 is 0 Å². The zero-order chi connectivity index (χ0) is 9.90. The Morgan fingerprint density at radius 2 is 2.15 bits per heavy atom. The van der Waals surface area contributed by atoms with Gasteiger partial charge in [0.1, 0.15) is 5.25 Å². The van der Waals surface area contributed by atoms with Crippen LogP contribution in [0.15, 0.2) is 24.4 Å². The monoisotopic (exact) mass is 200 g/mol. The maximum absolute atomic E-state index is 11.3. The molecule has 1 aromatic rings. The lowest BCUT2D eigenvalue weighted by Crippen LogP contribution is -2.24. The zero-order valence-corrected chi connectivity index (χ0v) is 8.38. The molecule has 1 aromatic heterocycles. The first-order valence-electron chi connectivity index (χ1n) is 3.91. The van der Waals surface area contributed by atoms with Gasteiger partial charge in [0.2, 0.25) is 10.0 Å². The van der Waals surface area contributed by atoms with Crippen molar-refractivity contribution in [3.05, 3.63) is 30.1 Å². The number of nitrogens with zero attached hydrogens (tertiary/aromatic N) is 1. The van der Waals surface area contributed by atoms with Crippen molar-refractivity contribution in [1.82, 2.24) is 9.71 Å². The second-order valence-corrected chi connectivity index (χ2v) is 4.85. The van der Waals surface area contributed by atoms with E-state index in [1.807, 2.05) is 0 Å². The average Bonchev–Trinajstić information content (AvgIpc) is 2.18. The summed E-state index contributed by atoms with van der Waals surface area (Å²) in [6.07, 6.45) is 1.58. The third kappa shape index (κ3) is 2.26. The van der Waals surface area contributed by atoms with Gasteiger partial charge in [-0.3, -0.25) is 4.98 Å². The molecule has 0 aliphatic carbocycles. The van der Waals surface area contributed by atoms with Crippen LogP contribution in [0.3, 0.4) is 0 Å². The summed E-state index contributed by atoms with van der Waals surface area (Å²) in [5.41, 5.74) is 0.553. The van der Waals surface area contributed by atoms with Gasteiger partial charge in [-0.25, -0.2) is 13.1 Å². The molecule has 5 heteroatoms. The van der Waals surface area contributed by atoms with Gasteiger partial charge in [0.25, 0.3) is 0 Å². The second kappa shape index (κ2) is 3.85. The Morgan fingerprint density at radius 3 is 2.62 bits per heavy atom. The fourth-order valence-electron chi connectivity index (χ4n) is 0.952. The highest BCUT2D eigenvalue weighted by atomic mass is 32.2. The molecule has 1 atom stereocenters. The van der Waals surface area contributed by atoms with E-state index in [0.29, 0.717) is 5.69 Å². The predicted octanol–water partition coefficient (Wildman–Crippen LogP) is 0.692. The molecule has 0 spiro atoms. The number of aromatic nitrogens is 1. The molecule has 0 aromatic carbocycles. The number of sulfonamides is 1. The lowest BCUT2D eigenvalue weighted by Gasteiger charge is -2.10. The SMILES string of the molecule is CNS(=O)(=O)[C@@H](C)c1ccccn1. The first-order valence-corrected chi connectivity index (χ1v) is 5.46. The van der Waals surface area contributed by atoms with Crippen LogP contribution in [0.5, 0.6) is 0 Å². The molecule has 0 radical (unpaired) electrons. The fourth-order valence-corrected chi connectivity index (χ4v) is 1.76. The molecule has 1 rings (SSSR count). The van der Waals surface area contributed by atoms with Crippen LogP contribution in [-0.2, 0) is 10.0 Å². The fraction of sp³-hybridized carbons (Fsp3) is 0.375. The lowest BCUT2D eigenvalue weighted by molar-refractivity contribution is 0.576. The van der Waals surface area contributed by atoms with E-state index < -0.39 is 15.3 Å². The summed E-state index contributed by atoms with van der Waals surface area (Å²) < 4.78 is 25.0. The molecule has 0 fully saturated rings. The molecule has 0 aliphatic rings. The van der Waals surface area contributed by atoms with Crippen LogP contribution >= 0.6 is 0 Å². The van der Waals surface area contributed by atoms with Crippen LogP contribution in [0.4, 0.5) is 0 Å². The summed E-state index contributed by atoms with van der Waals surface area (Å²) in [7, 11) is -1.87. The number of rotatable bonds is 3. The molecule has 0 unspecified atom stereocenters. The van der Waals surface area contributed by atoms with E-state index in [9.17, 15) is 8.42 Å². The van der Waals surface area contributed by atoms with Gasteiger partial charge in [0, 0.05) is 6.20 Å². The van der Waals surface area contributed by atoms with Crippen molar-refractivity contribution < 1.29 is 8.42 Å². The van der Waals surface area contributed by atoms with E-state index >= 15 is 0 Å². The van der Waals surface area contributed by atoms with Crippen molar-refractivity contribution in [2.75, 3.05) is 7.05 Å². The molecular formula is C8H12N2O2S. The number of pyridine rings is 1. The van der Waals surface area contributed by atoms with Gasteiger partial charge in [-0.05, 0) is 26.1 Å². The van der Waals surface area contributed by atoms with Crippen molar-refractivity contribution in [1.29, 1.82) is 0 Å². The van der Waals surface area contributed by atoms with E-state index in [1.54, 1.807) is 31.3 Å². The maximum atomic E-state index is 11.3. The Labute approximate surface area is 78.1 Å². The predicted molar refractivity (Wildman–Crippen MR) is 50.6 cm³/mol. The second-order valence-electron chi connectivity index (χ2n) is 2.65. The van der Waals surface area contributed by atoms with Crippen LogP contribution in [0.2, 0.25) is 0 Å². The van der Waals surface area contributed by atoms with E-state index in [0.717, 1.165) is 0 Å². The number of hydrogen-bond acceptors (Lipinski definition) is 3. The van der Waals surface area contributed by atoms with Gasteiger partial charge in [0.05, 0.1) is 5.69 Å². The van der Waals surface area contributed by atoms with Crippen molar-refractivity contribution >= 4 is 10.0 Å². The minimum atomic E-state index is -3.26. The Morgan fingerprint density at radius 1 is 1.46 bits per heavy atom. The van der Waals surface area contributed by atoms with Gasteiger partial charge in [-0.15, -0.1) is 0 Å². The molecule has 1 N–H and O–H groups in total. The number of nitrogens with one attached hydrogen (secondary N) is 1. The molecule has 1 heterocycles. The van der Waals surface area contributed by atoms with E-state index in [4.69, 9.17) is 0 Å². The van der Waals surface area contributed by atoms with Gasteiger partial charge in [-0.2, -0.15) is 0 Å². The Balaban J connectivity index is 2.99. The first-order chi connectivity index (χ1) is 6.08. The maximum Gasteiger partial charge on any atom is 0.219 e. The van der Waals surface area contributed by atoms with E-state index in [-0.39, 0.29) is 0 Å². The van der Waals surface area contributed by atoms with Gasteiger partial charge in [-0.1, -0.05) is 6.07 Å². The van der Waals surface area contributed by atoms with Crippen molar-refractivity contribution in [2.45, 2.75) is 12.2 Å². The molecule has 0 aliphatic heterocycles. The standard InChI is InChI=1S/C8H12N2O2S/c1-7(13(11,12)9-2)8-5-3-4-6-10-8/h3-7,9H,1-2H3/t7-/m0/s1. The number of hydrogen-bond donors (Lipinski definition) is 1. The highest BCUT2D eigenvalue weighted by Crippen LogP contribution is 2.17. The summed E-state index contributed by atoms with van der Waals surface area (Å²) in [6, 6.07) is 5.21. The smallest absolute Gasteiger partial charge is 0.219 e. The Hall–Kier alpha value is -0.940. The normalized spacial score (nSPS) is 14.0. The average molecular weight is 200 g/mol. The summed E-state index contributed by atoms with van der Waals surface area (Å²) in [5.74, 6) is 0. The van der Waals surface area contributed by atoms with Crippen LogP contribution < -0.4 is 4.72 Å². The van der Waals surface area contributed by atoms with Crippen LogP contribution in [0, 0.1) is 0 Å². The van der Waals surface area contributed by atoms with Gasteiger partial charge >= 0.3 is 0 Å². The summed E-state index contributed by atoms with van der Waals surface area (Å²) in [6.45, 7) is 1.61. The zero-order valence-electron chi connectivity index (χ0n) is 7.56. The van der Waals surface area contributed by atoms with Crippen molar-refractivity contribution in [3.8, 4) is 0 Å². The lowest BCUT2D eigenvalue weighted by atomic mass is 10.3. The summed E-state index contributed by atoms with van der Waals surface area (Å²) in [4.78, 5) is 3.97. The molecule has 0 amide bonds. The Kier molecular flexibility index (Phi) is 3.00. The highest BCUT2D eigenvalue weighted by molar-refractivity contribution is 7.89. The third-order valence-corrected chi connectivity index (χ3v) is 3.60. The minimum Gasteiger partial charge on any atom is -0.260 e. The highest BCUT2D eigenvalue weighted by Gasteiger charge is 2.20. The van der Waals surface area contributed by atoms with Crippen LogP contribution in [0.25, 0.3) is 0 Å². The van der Waals surface area contributed by atoms with E-state index in [1.165, 1.54) is 7.05 Å². The topological polar surface area (TPSA) is 59.1 Å². The van der Waals surface area contributed by atoms with E-state index in [2.05, 4.69) is 9.71 Å². The molecular weight excluding hydrogens is 188 g/mol. The minimum absolute atomic E-state index is 0.553. The molecule has 0 saturated carbocycles. The first kappa shape index (κ1) is 10.1. The Bertz CT molecular complexity index is 361. The van der Waals surface area contributed by atoms with Crippen molar-refractivity contribution in [3.63, 3.8) is 0 Å². The molecule has 13 heavy (non-hydrogen) atoms. The van der Waals surface area contributed by atoms with Gasteiger partial charge in [0.15, 0.2) is 0 Å². The molecule has 0 saturated heterocycles. The third-order valence-electron chi connectivity index (χ3n) is 1.85. The molecule has 4 nitrogen and oxygen atoms in total. The molecule has 72 valence electrons. The summed E-state index contributed by atoms with van der Waals surface area (Å²) >= 11 is 0.